The zero-order valence-corrected chi connectivity index (χ0v) is 4.12. The van der Waals surface area contributed by atoms with Gasteiger partial charge in [0.05, 0.1) is 12.2 Å². The van der Waals surface area contributed by atoms with Gasteiger partial charge in [-0.15, -0.1) is 0 Å². The summed E-state index contributed by atoms with van der Waals surface area (Å²) in [6, 6.07) is 0. The van der Waals surface area contributed by atoms with Crippen LogP contribution in [0.15, 0.2) is 0 Å². The molecule has 32 valence electrons. The second-order valence-electron chi connectivity index (χ2n) is 0.894. The molecule has 0 aliphatic carbocycles. The molecule has 0 bridgehead atoms. The Morgan fingerprint density at radius 3 is 1.80 bits per heavy atom. The fourth-order valence-electron chi connectivity index (χ4n) is 0. The van der Waals surface area contributed by atoms with Crippen LogP contribution in [0.3, 0.4) is 0 Å². The molecule has 0 amide bonds. The van der Waals surface area contributed by atoms with Crippen LogP contribution in [0.2, 0.25) is 0 Å². The minimum atomic E-state index is 0.713. The van der Waals surface area contributed by atoms with Gasteiger partial charge in [0.1, 0.15) is 0 Å². The normalized spacial score (nSPS) is 9.60. The highest BCUT2D eigenvalue weighted by Crippen LogP contribution is 1.90. The smallest absolute Gasteiger partial charge is 0.0784 e. The quantitative estimate of drug-likeness (QED) is 0.380. The second kappa shape index (κ2) is 2.50. The third kappa shape index (κ3) is 4.27. The van der Waals surface area contributed by atoms with Crippen molar-refractivity contribution in [3.8, 4) is 0 Å². The average molecular weight is 93.2 g/mol. The molecule has 1 N–H and O–H groups in total. The Morgan fingerprint density at radius 2 is 1.80 bits per heavy atom. The molecule has 0 saturated heterocycles. The van der Waals surface area contributed by atoms with E-state index >= 15 is 0 Å². The van der Waals surface area contributed by atoms with Gasteiger partial charge in [-0.25, -0.2) is 4.31 Å². The first kappa shape index (κ1) is 5.27. The van der Waals surface area contributed by atoms with Crippen LogP contribution in [-0.4, -0.2) is 23.0 Å². The van der Waals surface area contributed by atoms with Gasteiger partial charge in [-0.2, -0.15) is 0 Å². The van der Waals surface area contributed by atoms with Crippen molar-refractivity contribution in [2.24, 2.45) is 0 Å². The lowest BCUT2D eigenvalue weighted by Gasteiger charge is -1.96. The third-order valence-electron chi connectivity index (χ3n) is 0.163. The Balaban J connectivity index is 2.54. The predicted molar refractivity (Wildman–Crippen MR) is 23.9 cm³/mol. The molecule has 0 aromatic carbocycles. The molecule has 0 fully saturated rings. The van der Waals surface area contributed by atoms with Gasteiger partial charge in [0, 0.05) is 0 Å². The van der Waals surface area contributed by atoms with Gasteiger partial charge in [-0.3, -0.25) is 0 Å². The number of nitrogens with zero attached hydrogens (tertiary/aromatic N) is 1. The van der Waals surface area contributed by atoms with Crippen molar-refractivity contribution in [2.45, 2.75) is 0 Å². The standard InChI is InChI=1S/C2H7NOS/c1-3(2)5-4/h4H,1-2H3. The fourth-order valence-corrected chi connectivity index (χ4v) is 0. The summed E-state index contributed by atoms with van der Waals surface area (Å²) in [6.45, 7) is 0. The van der Waals surface area contributed by atoms with E-state index in [0.29, 0.717) is 12.2 Å². The van der Waals surface area contributed by atoms with Crippen molar-refractivity contribution in [3.05, 3.63) is 0 Å². The Bertz CT molecular complexity index is 23.6. The van der Waals surface area contributed by atoms with Crippen LogP contribution in [0.1, 0.15) is 0 Å². The van der Waals surface area contributed by atoms with Gasteiger partial charge in [-0.1, -0.05) is 0 Å². The second-order valence-corrected chi connectivity index (χ2v) is 1.79. The van der Waals surface area contributed by atoms with Crippen molar-refractivity contribution < 1.29 is 4.55 Å². The van der Waals surface area contributed by atoms with E-state index in [2.05, 4.69) is 0 Å². The van der Waals surface area contributed by atoms with E-state index in [1.54, 1.807) is 18.4 Å². The number of rotatable bonds is 1. The SMILES string of the molecule is CN(C)SO. The first-order valence-electron chi connectivity index (χ1n) is 1.26. The van der Waals surface area contributed by atoms with Gasteiger partial charge in [0.15, 0.2) is 0 Å². The van der Waals surface area contributed by atoms with Crippen molar-refractivity contribution in [2.75, 3.05) is 14.1 Å². The van der Waals surface area contributed by atoms with Gasteiger partial charge in [0.25, 0.3) is 0 Å². The zero-order valence-electron chi connectivity index (χ0n) is 3.30. The van der Waals surface area contributed by atoms with Crippen LogP contribution >= 0.6 is 12.2 Å². The molecule has 0 aliphatic heterocycles. The Kier molecular flexibility index (Phi) is 2.64. The van der Waals surface area contributed by atoms with Gasteiger partial charge in [0.2, 0.25) is 0 Å². The van der Waals surface area contributed by atoms with Crippen molar-refractivity contribution in [1.29, 1.82) is 0 Å². The molecule has 0 heterocycles. The minimum Gasteiger partial charge on any atom is -0.317 e. The van der Waals surface area contributed by atoms with Crippen LogP contribution in [-0.2, 0) is 0 Å². The molecule has 0 radical (unpaired) electrons. The molecule has 0 saturated carbocycles. The summed E-state index contributed by atoms with van der Waals surface area (Å²) in [5.74, 6) is 0. The summed E-state index contributed by atoms with van der Waals surface area (Å²) in [5, 5.41) is 0. The highest BCUT2D eigenvalue weighted by Gasteiger charge is 1.75. The minimum absolute atomic E-state index is 0.713. The maximum absolute atomic E-state index is 7.99. The largest absolute Gasteiger partial charge is 0.317 e. The average Bonchev–Trinajstić information content (AvgIpc) is 1.38. The Hall–Kier alpha value is 0.270. The topological polar surface area (TPSA) is 23.5 Å². The van der Waals surface area contributed by atoms with Crippen LogP contribution in [0.25, 0.3) is 0 Å². The van der Waals surface area contributed by atoms with Crippen LogP contribution in [0.5, 0.6) is 0 Å². The van der Waals surface area contributed by atoms with E-state index in [0.717, 1.165) is 0 Å². The van der Waals surface area contributed by atoms with Crippen molar-refractivity contribution in [1.82, 2.24) is 4.31 Å². The molecule has 0 aliphatic rings. The summed E-state index contributed by atoms with van der Waals surface area (Å²) < 4.78 is 9.58. The molecule has 0 aromatic heterocycles. The molecule has 0 atom stereocenters. The molecule has 0 aromatic rings. The van der Waals surface area contributed by atoms with Gasteiger partial charge in [-0.05, 0) is 14.1 Å². The fraction of sp³-hybridized carbons (Fsp3) is 1.00. The van der Waals surface area contributed by atoms with E-state index in [-0.39, 0.29) is 0 Å². The summed E-state index contributed by atoms with van der Waals surface area (Å²) in [7, 11) is 3.54. The van der Waals surface area contributed by atoms with Crippen LogP contribution < -0.4 is 0 Å². The molecule has 0 spiro atoms. The van der Waals surface area contributed by atoms with Crippen molar-refractivity contribution in [3.63, 3.8) is 0 Å². The first-order chi connectivity index (χ1) is 2.27. The summed E-state index contributed by atoms with van der Waals surface area (Å²) in [5.41, 5.74) is 0. The van der Waals surface area contributed by atoms with E-state index in [4.69, 9.17) is 4.55 Å². The van der Waals surface area contributed by atoms with Crippen LogP contribution in [0, 0.1) is 0 Å². The highest BCUT2D eigenvalue weighted by molar-refractivity contribution is 7.91. The summed E-state index contributed by atoms with van der Waals surface area (Å²) >= 11 is 0.713. The van der Waals surface area contributed by atoms with E-state index in [9.17, 15) is 0 Å². The lowest BCUT2D eigenvalue weighted by molar-refractivity contribution is 0.579. The lowest BCUT2D eigenvalue weighted by Crippen LogP contribution is -1.96. The molecule has 2 nitrogen and oxygen atoms in total. The maximum atomic E-state index is 7.99. The maximum Gasteiger partial charge on any atom is 0.0784 e. The summed E-state index contributed by atoms with van der Waals surface area (Å²) in [6.07, 6.45) is 0. The molecule has 0 rings (SSSR count). The molecular formula is C2H7NOS. The third-order valence-corrected chi connectivity index (χ3v) is 0.490. The lowest BCUT2D eigenvalue weighted by atomic mass is 11.3. The zero-order chi connectivity index (χ0) is 4.28. The Morgan fingerprint density at radius 1 is 1.60 bits per heavy atom. The monoisotopic (exact) mass is 93.0 g/mol. The molecule has 3 heteroatoms. The van der Waals surface area contributed by atoms with Crippen LogP contribution in [0.4, 0.5) is 0 Å². The molecule has 0 unspecified atom stereocenters. The Labute approximate surface area is 36.1 Å². The predicted octanol–water partition coefficient (Wildman–Crippen LogP) is 0.669. The van der Waals surface area contributed by atoms with Gasteiger partial charge < -0.3 is 4.55 Å². The van der Waals surface area contributed by atoms with Crippen molar-refractivity contribution >= 4 is 12.2 Å². The van der Waals surface area contributed by atoms with E-state index in [1.165, 1.54) is 0 Å². The first-order valence-corrected chi connectivity index (χ1v) is 1.99. The molecule has 5 heavy (non-hydrogen) atoms. The molecular weight excluding hydrogens is 86.1 g/mol. The highest BCUT2D eigenvalue weighted by atomic mass is 32.2. The van der Waals surface area contributed by atoms with Gasteiger partial charge >= 0.3 is 0 Å². The van der Waals surface area contributed by atoms with E-state index < -0.39 is 0 Å². The number of hydrogen-bond donors (Lipinski definition) is 1. The van der Waals surface area contributed by atoms with E-state index in [1.807, 2.05) is 0 Å². The summed E-state index contributed by atoms with van der Waals surface area (Å²) in [4.78, 5) is 0. The number of hydrogen-bond acceptors (Lipinski definition) is 3.